The van der Waals surface area contributed by atoms with Crippen LogP contribution in [0.15, 0.2) is 65.7 Å². The van der Waals surface area contributed by atoms with Gasteiger partial charge in [0.25, 0.3) is 5.91 Å². The SMILES string of the molecule is NC(=O)N(c1cc2cc(C(=O)N=CN3CCOCC3)ccc2c(-c2ccc(F)cc2F)n1)c1c(F)cccc1F. The number of halogens is 4. The van der Waals surface area contributed by atoms with Gasteiger partial charge in [-0.25, -0.2) is 32.2 Å². The summed E-state index contributed by atoms with van der Waals surface area (Å²) < 4.78 is 63.3. The van der Waals surface area contributed by atoms with Gasteiger partial charge in [0.15, 0.2) is 0 Å². The quantitative estimate of drug-likeness (QED) is 0.209. The van der Waals surface area contributed by atoms with Gasteiger partial charge in [0, 0.05) is 35.7 Å². The van der Waals surface area contributed by atoms with E-state index in [9.17, 15) is 27.2 Å². The maximum atomic E-state index is 14.9. The van der Waals surface area contributed by atoms with E-state index in [1.165, 1.54) is 30.6 Å². The van der Waals surface area contributed by atoms with E-state index in [1.54, 1.807) is 0 Å². The van der Waals surface area contributed by atoms with Crippen molar-refractivity contribution in [3.8, 4) is 11.3 Å². The number of primary amides is 1. The van der Waals surface area contributed by atoms with Crippen LogP contribution in [0.5, 0.6) is 0 Å². The summed E-state index contributed by atoms with van der Waals surface area (Å²) in [5, 5.41) is 0.556. The molecule has 204 valence electrons. The Morgan fingerprint density at radius 3 is 2.35 bits per heavy atom. The number of benzene rings is 3. The largest absolute Gasteiger partial charge is 0.378 e. The molecule has 2 heterocycles. The van der Waals surface area contributed by atoms with Gasteiger partial charge in [-0.15, -0.1) is 0 Å². The Hall–Kier alpha value is -4.84. The fourth-order valence-electron chi connectivity index (χ4n) is 4.32. The maximum absolute atomic E-state index is 14.9. The van der Waals surface area contributed by atoms with Crippen LogP contribution in [0.4, 0.5) is 33.9 Å². The predicted octanol–water partition coefficient (Wildman–Crippen LogP) is 5.18. The molecule has 1 aliphatic rings. The first-order chi connectivity index (χ1) is 19.2. The Morgan fingerprint density at radius 2 is 1.68 bits per heavy atom. The summed E-state index contributed by atoms with van der Waals surface area (Å²) in [5.41, 5.74) is 4.62. The number of aliphatic imine (C=N–C) groups is 1. The molecule has 40 heavy (non-hydrogen) atoms. The average molecular weight is 552 g/mol. The lowest BCUT2D eigenvalue weighted by atomic mass is 10.0. The van der Waals surface area contributed by atoms with Crippen LogP contribution < -0.4 is 10.6 Å². The molecule has 0 unspecified atom stereocenters. The molecule has 3 aromatic carbocycles. The van der Waals surface area contributed by atoms with Crippen LogP contribution >= 0.6 is 0 Å². The number of amides is 3. The standard InChI is InChI=1S/C28H21F4N5O3/c29-18-5-7-20(23(32)14-18)25-19-6-4-16(27(38)34-15-36-8-10-40-11-9-36)12-17(19)13-24(35-25)37(28(33)39)26-21(30)2-1-3-22(26)31/h1-7,12-15H,8-11H2,(H2,33,39). The number of rotatable bonds is 5. The van der Waals surface area contributed by atoms with E-state index >= 15 is 0 Å². The third kappa shape index (κ3) is 5.34. The third-order valence-electron chi connectivity index (χ3n) is 6.25. The normalized spacial score (nSPS) is 13.7. The van der Waals surface area contributed by atoms with Gasteiger partial charge >= 0.3 is 6.03 Å². The lowest BCUT2D eigenvalue weighted by Crippen LogP contribution is -2.35. The van der Waals surface area contributed by atoms with Crippen LogP contribution in [0, 0.1) is 23.3 Å². The molecule has 2 N–H and O–H groups in total. The highest BCUT2D eigenvalue weighted by Gasteiger charge is 2.26. The van der Waals surface area contributed by atoms with E-state index in [2.05, 4.69) is 9.98 Å². The number of urea groups is 1. The molecule has 4 aromatic rings. The number of carbonyl (C=O) groups is 2. The molecule has 0 bridgehead atoms. The number of fused-ring (bicyclic) bond motifs is 1. The lowest BCUT2D eigenvalue weighted by molar-refractivity contribution is 0.0697. The molecular formula is C28H21F4N5O3. The molecule has 3 amide bonds. The molecule has 0 aliphatic carbocycles. The van der Waals surface area contributed by atoms with Crippen molar-refractivity contribution in [1.29, 1.82) is 0 Å². The Labute approximate surface area is 225 Å². The lowest BCUT2D eigenvalue weighted by Gasteiger charge is -2.23. The van der Waals surface area contributed by atoms with Crippen molar-refractivity contribution in [1.82, 2.24) is 9.88 Å². The molecule has 0 atom stereocenters. The summed E-state index contributed by atoms with van der Waals surface area (Å²) in [6, 6.07) is 10.1. The van der Waals surface area contributed by atoms with Gasteiger partial charge in [0.05, 0.1) is 25.2 Å². The van der Waals surface area contributed by atoms with Crippen molar-refractivity contribution in [2.24, 2.45) is 10.7 Å². The first-order valence-corrected chi connectivity index (χ1v) is 12.1. The average Bonchev–Trinajstić information content (AvgIpc) is 2.93. The molecule has 1 saturated heterocycles. The van der Waals surface area contributed by atoms with Crippen LogP contribution in [-0.2, 0) is 4.74 Å². The zero-order valence-corrected chi connectivity index (χ0v) is 20.8. The summed E-state index contributed by atoms with van der Waals surface area (Å²) in [5.74, 6) is -4.95. The molecule has 1 aliphatic heterocycles. The number of nitrogens with zero attached hydrogens (tertiary/aromatic N) is 4. The Morgan fingerprint density at radius 1 is 0.950 bits per heavy atom. The molecule has 1 aromatic heterocycles. The van der Waals surface area contributed by atoms with E-state index in [4.69, 9.17) is 10.5 Å². The smallest absolute Gasteiger partial charge is 0.325 e. The second kappa shape index (κ2) is 11.1. The summed E-state index contributed by atoms with van der Waals surface area (Å²) >= 11 is 0. The van der Waals surface area contributed by atoms with E-state index in [0.717, 1.165) is 30.3 Å². The van der Waals surface area contributed by atoms with E-state index in [1.807, 2.05) is 4.90 Å². The second-order valence-corrected chi connectivity index (χ2v) is 8.83. The molecule has 8 nitrogen and oxygen atoms in total. The first-order valence-electron chi connectivity index (χ1n) is 12.1. The summed E-state index contributed by atoms with van der Waals surface area (Å²) in [4.78, 5) is 36.0. The van der Waals surface area contributed by atoms with Gasteiger partial charge in [0.1, 0.15) is 34.8 Å². The van der Waals surface area contributed by atoms with Crippen LogP contribution in [0.1, 0.15) is 10.4 Å². The monoisotopic (exact) mass is 551 g/mol. The highest BCUT2D eigenvalue weighted by atomic mass is 19.1. The Bertz CT molecular complexity index is 1640. The van der Waals surface area contributed by atoms with Gasteiger partial charge in [-0.3, -0.25) is 4.79 Å². The Balaban J connectivity index is 1.68. The third-order valence-corrected chi connectivity index (χ3v) is 6.25. The molecule has 12 heteroatoms. The van der Waals surface area contributed by atoms with Gasteiger partial charge < -0.3 is 15.4 Å². The summed E-state index contributed by atoms with van der Waals surface area (Å²) in [7, 11) is 0. The van der Waals surface area contributed by atoms with Gasteiger partial charge in [0.2, 0.25) is 0 Å². The fourth-order valence-corrected chi connectivity index (χ4v) is 4.32. The van der Waals surface area contributed by atoms with Crippen LogP contribution in [0.25, 0.3) is 22.0 Å². The van der Waals surface area contributed by atoms with Crippen molar-refractivity contribution < 1.29 is 31.9 Å². The molecule has 0 radical (unpaired) electrons. The van der Waals surface area contributed by atoms with Crippen molar-refractivity contribution >= 4 is 40.6 Å². The number of morpholine rings is 1. The number of pyridine rings is 1. The minimum Gasteiger partial charge on any atom is -0.378 e. The van der Waals surface area contributed by atoms with Crippen LogP contribution in [0.3, 0.4) is 0 Å². The van der Waals surface area contributed by atoms with Gasteiger partial charge in [-0.1, -0.05) is 12.1 Å². The highest BCUT2D eigenvalue weighted by Crippen LogP contribution is 2.36. The fraction of sp³-hybridized carbons (Fsp3) is 0.143. The van der Waals surface area contributed by atoms with E-state index < -0.39 is 40.9 Å². The van der Waals surface area contributed by atoms with Gasteiger partial charge in [-0.05, 0) is 47.9 Å². The first kappa shape index (κ1) is 26.8. The number of hydrogen-bond donors (Lipinski definition) is 1. The van der Waals surface area contributed by atoms with Crippen molar-refractivity contribution in [2.45, 2.75) is 0 Å². The van der Waals surface area contributed by atoms with Gasteiger partial charge in [-0.2, -0.15) is 4.99 Å². The minimum absolute atomic E-state index is 0.0798. The number of anilines is 2. The zero-order chi connectivity index (χ0) is 28.4. The minimum atomic E-state index is -1.27. The van der Waals surface area contributed by atoms with E-state index in [-0.39, 0.29) is 28.0 Å². The van der Waals surface area contributed by atoms with Crippen molar-refractivity contribution in [3.05, 3.63) is 89.5 Å². The zero-order valence-electron chi connectivity index (χ0n) is 20.8. The van der Waals surface area contributed by atoms with Crippen molar-refractivity contribution in [3.63, 3.8) is 0 Å². The predicted molar refractivity (Wildman–Crippen MR) is 140 cm³/mol. The molecule has 0 saturated carbocycles. The molecule has 1 fully saturated rings. The number of aromatic nitrogens is 1. The number of hydrogen-bond acceptors (Lipinski definition) is 4. The maximum Gasteiger partial charge on any atom is 0.325 e. The molecular weight excluding hydrogens is 530 g/mol. The number of nitrogens with two attached hydrogens (primary N) is 1. The Kier molecular flexibility index (Phi) is 7.43. The van der Waals surface area contributed by atoms with Crippen LogP contribution in [0.2, 0.25) is 0 Å². The number of ether oxygens (including phenoxy) is 1. The van der Waals surface area contributed by atoms with Crippen LogP contribution in [-0.4, -0.2) is 54.5 Å². The topological polar surface area (TPSA) is 101 Å². The number of carbonyl (C=O) groups excluding carboxylic acids is 2. The summed E-state index contributed by atoms with van der Waals surface area (Å²) in [6.45, 7) is 2.17. The summed E-state index contributed by atoms with van der Waals surface area (Å²) in [6.07, 6.45) is 1.42. The molecule has 5 rings (SSSR count). The second-order valence-electron chi connectivity index (χ2n) is 8.83. The van der Waals surface area contributed by atoms with Crippen molar-refractivity contribution in [2.75, 3.05) is 31.2 Å². The highest BCUT2D eigenvalue weighted by molar-refractivity contribution is 6.06. The van der Waals surface area contributed by atoms with E-state index in [0.29, 0.717) is 42.7 Å². The number of para-hydroxylation sites is 1. The molecule has 0 spiro atoms.